The van der Waals surface area contributed by atoms with Crippen LogP contribution in [0.5, 0.6) is 23.0 Å². The summed E-state index contributed by atoms with van der Waals surface area (Å²) in [5, 5.41) is 7.70. The molecule has 0 aliphatic heterocycles. The highest BCUT2D eigenvalue weighted by atomic mass is 16.5. The molecule has 4 aromatic rings. The van der Waals surface area contributed by atoms with Crippen LogP contribution in [0, 0.1) is 0 Å². The fourth-order valence-corrected chi connectivity index (χ4v) is 3.91. The lowest BCUT2D eigenvalue weighted by molar-refractivity contribution is 0.252. The number of rotatable bonds is 10. The van der Waals surface area contributed by atoms with Gasteiger partial charge in [-0.05, 0) is 66.9 Å². The van der Waals surface area contributed by atoms with Crippen LogP contribution in [0.3, 0.4) is 0 Å². The number of urea groups is 1. The fraction of sp³-hybridized carbons (Fsp3) is 0.267. The summed E-state index contributed by atoms with van der Waals surface area (Å²) >= 11 is 0. The van der Waals surface area contributed by atoms with Crippen molar-refractivity contribution >= 4 is 22.5 Å². The van der Waals surface area contributed by atoms with Gasteiger partial charge in [-0.25, -0.2) is 4.79 Å². The maximum Gasteiger partial charge on any atom is 0.319 e. The number of pyridine rings is 1. The Balaban J connectivity index is 0.000000272. The van der Waals surface area contributed by atoms with Crippen molar-refractivity contribution in [1.82, 2.24) is 10.3 Å². The quantitative estimate of drug-likeness (QED) is 0.268. The van der Waals surface area contributed by atoms with Gasteiger partial charge in [-0.1, -0.05) is 12.1 Å². The molecule has 9 nitrogen and oxygen atoms in total. The van der Waals surface area contributed by atoms with Crippen molar-refractivity contribution in [2.75, 3.05) is 46.8 Å². The first kappa shape index (κ1) is 29.1. The molecule has 0 aliphatic rings. The zero-order valence-electron chi connectivity index (χ0n) is 22.8. The Labute approximate surface area is 229 Å². The molecule has 0 aliphatic carbocycles. The van der Waals surface area contributed by atoms with Gasteiger partial charge in [-0.3, -0.25) is 4.98 Å². The van der Waals surface area contributed by atoms with Gasteiger partial charge in [0, 0.05) is 41.8 Å². The van der Waals surface area contributed by atoms with Gasteiger partial charge in [0.2, 0.25) is 0 Å². The van der Waals surface area contributed by atoms with E-state index in [4.69, 9.17) is 24.7 Å². The lowest BCUT2D eigenvalue weighted by atomic mass is 10.1. The molecule has 0 radical (unpaired) electrons. The average molecular weight is 533 g/mol. The van der Waals surface area contributed by atoms with Crippen LogP contribution in [-0.2, 0) is 12.8 Å². The van der Waals surface area contributed by atoms with E-state index in [1.54, 1.807) is 40.8 Å². The molecule has 9 heteroatoms. The van der Waals surface area contributed by atoms with E-state index in [0.29, 0.717) is 19.5 Å². The van der Waals surface area contributed by atoms with Crippen molar-refractivity contribution in [1.29, 1.82) is 0 Å². The molecule has 0 unspecified atom stereocenters. The molecule has 2 amide bonds. The van der Waals surface area contributed by atoms with Crippen LogP contribution in [0.2, 0.25) is 0 Å². The van der Waals surface area contributed by atoms with Gasteiger partial charge in [0.05, 0.1) is 34.1 Å². The number of carbonyl (C=O) groups excluding carboxylic acids is 1. The average Bonchev–Trinajstić information content (AvgIpc) is 2.97. The highest BCUT2D eigenvalue weighted by molar-refractivity contribution is 6.01. The summed E-state index contributed by atoms with van der Waals surface area (Å²) in [6, 6.07) is 18.8. The van der Waals surface area contributed by atoms with Crippen molar-refractivity contribution in [3.8, 4) is 23.0 Å². The molecule has 0 spiro atoms. The van der Waals surface area contributed by atoms with Gasteiger partial charge < -0.3 is 35.3 Å². The number of benzene rings is 3. The van der Waals surface area contributed by atoms with Gasteiger partial charge in [0.1, 0.15) is 23.0 Å². The van der Waals surface area contributed by atoms with Crippen LogP contribution in [0.1, 0.15) is 11.1 Å². The maximum atomic E-state index is 12.2. The van der Waals surface area contributed by atoms with Crippen LogP contribution in [0.4, 0.5) is 10.5 Å². The van der Waals surface area contributed by atoms with Gasteiger partial charge in [-0.15, -0.1) is 0 Å². The Morgan fingerprint density at radius 1 is 0.795 bits per heavy atom. The molecule has 1 aromatic heterocycles. The summed E-state index contributed by atoms with van der Waals surface area (Å²) in [4.78, 5) is 16.3. The molecule has 4 rings (SSSR count). The number of ether oxygens (including phenoxy) is 4. The topological polar surface area (TPSA) is 117 Å². The van der Waals surface area contributed by atoms with E-state index in [2.05, 4.69) is 15.6 Å². The molecule has 39 heavy (non-hydrogen) atoms. The molecule has 3 aromatic carbocycles. The van der Waals surface area contributed by atoms with Crippen LogP contribution < -0.4 is 35.3 Å². The molecule has 0 saturated carbocycles. The zero-order chi connectivity index (χ0) is 28.0. The molecule has 206 valence electrons. The number of anilines is 1. The van der Waals surface area contributed by atoms with Crippen LogP contribution in [0.25, 0.3) is 10.8 Å². The van der Waals surface area contributed by atoms with Crippen LogP contribution in [0.15, 0.2) is 73.1 Å². The normalized spacial score (nSPS) is 10.2. The third-order valence-corrected chi connectivity index (χ3v) is 5.88. The maximum absolute atomic E-state index is 12.2. The molecular weight excluding hydrogens is 496 g/mol. The largest absolute Gasteiger partial charge is 0.497 e. The first-order valence-electron chi connectivity index (χ1n) is 12.5. The zero-order valence-corrected chi connectivity index (χ0v) is 22.8. The number of hydrogen-bond donors (Lipinski definition) is 3. The third kappa shape index (κ3) is 8.79. The minimum atomic E-state index is -0.246. The van der Waals surface area contributed by atoms with E-state index < -0.39 is 0 Å². The number of amides is 2. The predicted octanol–water partition coefficient (Wildman–Crippen LogP) is 4.82. The summed E-state index contributed by atoms with van der Waals surface area (Å²) in [5.74, 6) is 3.08. The molecule has 0 saturated heterocycles. The van der Waals surface area contributed by atoms with Gasteiger partial charge in [-0.2, -0.15) is 0 Å². The highest BCUT2D eigenvalue weighted by Gasteiger charge is 2.07. The first-order valence-corrected chi connectivity index (χ1v) is 12.5. The van der Waals surface area contributed by atoms with E-state index in [9.17, 15) is 4.79 Å². The molecule has 4 N–H and O–H groups in total. The van der Waals surface area contributed by atoms with Crippen molar-refractivity contribution in [2.24, 2.45) is 5.73 Å². The van der Waals surface area contributed by atoms with Crippen molar-refractivity contribution in [3.63, 3.8) is 0 Å². The Bertz CT molecular complexity index is 1310. The smallest absolute Gasteiger partial charge is 0.319 e. The highest BCUT2D eigenvalue weighted by Crippen LogP contribution is 2.24. The van der Waals surface area contributed by atoms with E-state index in [1.807, 2.05) is 60.7 Å². The summed E-state index contributed by atoms with van der Waals surface area (Å²) in [6.45, 7) is 1.13. The van der Waals surface area contributed by atoms with E-state index >= 15 is 0 Å². The molecule has 0 bridgehead atoms. The van der Waals surface area contributed by atoms with Gasteiger partial charge >= 0.3 is 6.03 Å². The summed E-state index contributed by atoms with van der Waals surface area (Å²) in [7, 11) is 6.51. The van der Waals surface area contributed by atoms with Crippen molar-refractivity contribution in [2.45, 2.75) is 12.8 Å². The van der Waals surface area contributed by atoms with Crippen molar-refractivity contribution in [3.05, 3.63) is 84.2 Å². The summed E-state index contributed by atoms with van der Waals surface area (Å²) < 4.78 is 20.8. The molecule has 1 heterocycles. The minimum Gasteiger partial charge on any atom is -0.497 e. The number of methoxy groups -OCH3 is 4. The number of carbonyl (C=O) groups is 1. The molecule has 0 atom stereocenters. The number of hydrogen-bond acceptors (Lipinski definition) is 7. The monoisotopic (exact) mass is 532 g/mol. The Kier molecular flexibility index (Phi) is 11.2. The lowest BCUT2D eigenvalue weighted by Crippen LogP contribution is -2.30. The second kappa shape index (κ2) is 15.0. The van der Waals surface area contributed by atoms with Crippen LogP contribution >= 0.6 is 0 Å². The number of nitrogens with one attached hydrogen (secondary N) is 2. The Morgan fingerprint density at radius 2 is 1.36 bits per heavy atom. The predicted molar refractivity (Wildman–Crippen MR) is 154 cm³/mol. The van der Waals surface area contributed by atoms with E-state index in [1.165, 1.54) is 0 Å². The molecular formula is C30H36N4O5. The first-order chi connectivity index (χ1) is 19.0. The molecule has 0 fully saturated rings. The number of nitrogens with two attached hydrogens (primary N) is 1. The number of aromatic nitrogens is 1. The van der Waals surface area contributed by atoms with E-state index in [-0.39, 0.29) is 6.03 Å². The second-order valence-electron chi connectivity index (χ2n) is 8.51. The SMILES string of the molecule is COc1cc(CCN)cc(OC)c1.COc1cc(CCNC(=O)Nc2cccc3cnccc23)cc(OC)c1. The Morgan fingerprint density at radius 3 is 1.90 bits per heavy atom. The van der Waals surface area contributed by atoms with Gasteiger partial charge in [0.25, 0.3) is 0 Å². The second-order valence-corrected chi connectivity index (χ2v) is 8.51. The van der Waals surface area contributed by atoms with Gasteiger partial charge in [0.15, 0.2) is 0 Å². The third-order valence-electron chi connectivity index (χ3n) is 5.88. The lowest BCUT2D eigenvalue weighted by Gasteiger charge is -2.11. The summed E-state index contributed by atoms with van der Waals surface area (Å²) in [5.41, 5.74) is 8.38. The van der Waals surface area contributed by atoms with E-state index in [0.717, 1.165) is 57.0 Å². The van der Waals surface area contributed by atoms with Crippen molar-refractivity contribution < 1.29 is 23.7 Å². The number of fused-ring (bicyclic) bond motifs is 1. The summed E-state index contributed by atoms with van der Waals surface area (Å²) in [6.07, 6.45) is 4.99. The Hall–Kier alpha value is -4.50. The minimum absolute atomic E-state index is 0.246. The number of nitrogens with zero attached hydrogens (tertiary/aromatic N) is 1. The van der Waals surface area contributed by atoms with Crippen LogP contribution in [-0.4, -0.2) is 52.5 Å². The fourth-order valence-electron chi connectivity index (χ4n) is 3.91. The standard InChI is InChI=1S/C20H21N3O3.C10H15NO2/c1-25-16-10-14(11-17(12-16)26-2)6-9-22-20(24)23-19-5-3-4-15-13-21-8-7-18(15)19;1-12-9-5-8(3-4-11)6-10(7-9)13-2/h3-5,7-8,10-13H,6,9H2,1-2H3,(H2,22,23,24);5-7H,3-4,11H2,1-2H3.